The molecule has 0 unspecified atom stereocenters. The molecular formula is C34H35N7O3. The highest BCUT2D eigenvalue weighted by atomic mass is 16.2. The largest absolute Gasteiger partial charge is 0.349 e. The van der Waals surface area contributed by atoms with Crippen molar-refractivity contribution in [2.75, 3.05) is 37.8 Å². The molecule has 224 valence electrons. The summed E-state index contributed by atoms with van der Waals surface area (Å²) in [5, 5.41) is 9.64. The molecule has 0 aliphatic heterocycles. The second kappa shape index (κ2) is 13.2. The Morgan fingerprint density at radius 2 is 1.39 bits per heavy atom. The van der Waals surface area contributed by atoms with Gasteiger partial charge in [0, 0.05) is 56.7 Å². The van der Waals surface area contributed by atoms with Gasteiger partial charge in [-0.3, -0.25) is 19.4 Å². The quantitative estimate of drug-likeness (QED) is 0.215. The van der Waals surface area contributed by atoms with Crippen LogP contribution in [0, 0.1) is 0 Å². The highest BCUT2D eigenvalue weighted by molar-refractivity contribution is 6.07. The van der Waals surface area contributed by atoms with Gasteiger partial charge in [-0.2, -0.15) is 0 Å². The Morgan fingerprint density at radius 3 is 2.07 bits per heavy atom. The lowest BCUT2D eigenvalue weighted by molar-refractivity contribution is 0.0941. The van der Waals surface area contributed by atoms with Gasteiger partial charge in [-0.25, -0.2) is 0 Å². The van der Waals surface area contributed by atoms with Crippen molar-refractivity contribution in [1.29, 1.82) is 0 Å². The van der Waals surface area contributed by atoms with E-state index >= 15 is 0 Å². The number of nitrogens with one attached hydrogen (secondary N) is 3. The molecule has 2 aromatic carbocycles. The summed E-state index contributed by atoms with van der Waals surface area (Å²) in [6, 6.07) is 20.6. The van der Waals surface area contributed by atoms with E-state index in [9.17, 15) is 14.4 Å². The highest BCUT2D eigenvalue weighted by Crippen LogP contribution is 2.19. The molecule has 0 saturated carbocycles. The summed E-state index contributed by atoms with van der Waals surface area (Å²) in [6.07, 6.45) is 9.16. The van der Waals surface area contributed by atoms with Crippen LogP contribution in [0.1, 0.15) is 42.5 Å². The minimum atomic E-state index is -0.365. The molecule has 10 nitrogen and oxygen atoms in total. The van der Waals surface area contributed by atoms with E-state index in [2.05, 4.69) is 27.0 Å². The Bertz CT molecular complexity index is 1850. The minimum absolute atomic E-state index is 0.218. The predicted octanol–water partition coefficient (Wildman–Crippen LogP) is 4.88. The maximum Gasteiger partial charge on any atom is 0.272 e. The number of hydrogen-bond acceptors (Lipinski definition) is 5. The van der Waals surface area contributed by atoms with E-state index in [0.717, 1.165) is 28.6 Å². The van der Waals surface area contributed by atoms with Gasteiger partial charge in [0.15, 0.2) is 0 Å². The lowest BCUT2D eigenvalue weighted by Crippen LogP contribution is -2.32. The molecule has 0 atom stereocenters. The van der Waals surface area contributed by atoms with Crippen molar-refractivity contribution in [1.82, 2.24) is 24.3 Å². The Balaban J connectivity index is 1.18. The van der Waals surface area contributed by atoms with Crippen molar-refractivity contribution in [2.45, 2.75) is 0 Å². The Labute approximate surface area is 256 Å². The molecule has 44 heavy (non-hydrogen) atoms. The van der Waals surface area contributed by atoms with Crippen LogP contribution in [0.3, 0.4) is 0 Å². The number of likely N-dealkylation sites (N-methyl/N-ethyl adjacent to an activating group) is 1. The third-order valence-electron chi connectivity index (χ3n) is 7.09. The van der Waals surface area contributed by atoms with E-state index in [0.29, 0.717) is 34.9 Å². The summed E-state index contributed by atoms with van der Waals surface area (Å²) in [6.45, 7) is 1.24. The average molecular weight is 590 g/mol. The van der Waals surface area contributed by atoms with Gasteiger partial charge >= 0.3 is 0 Å². The van der Waals surface area contributed by atoms with Crippen molar-refractivity contribution >= 4 is 52.2 Å². The van der Waals surface area contributed by atoms with Gasteiger partial charge in [0.05, 0.1) is 16.9 Å². The monoisotopic (exact) mass is 589 g/mol. The second-order valence-electron chi connectivity index (χ2n) is 10.8. The van der Waals surface area contributed by atoms with Crippen LogP contribution >= 0.6 is 0 Å². The van der Waals surface area contributed by atoms with E-state index in [1.165, 1.54) is 0 Å². The molecule has 0 radical (unpaired) electrons. The van der Waals surface area contributed by atoms with Crippen LogP contribution in [0.25, 0.3) is 23.1 Å². The third kappa shape index (κ3) is 7.29. The molecule has 0 bridgehead atoms. The van der Waals surface area contributed by atoms with Crippen molar-refractivity contribution in [3.63, 3.8) is 0 Å². The van der Waals surface area contributed by atoms with Crippen molar-refractivity contribution in [3.8, 4) is 0 Å². The van der Waals surface area contributed by atoms with Crippen molar-refractivity contribution < 1.29 is 14.4 Å². The van der Waals surface area contributed by atoms with Crippen LogP contribution in [0.4, 0.5) is 11.4 Å². The number of aryl methyl sites for hydroxylation is 2. The maximum absolute atomic E-state index is 13.0. The Morgan fingerprint density at radius 1 is 0.773 bits per heavy atom. The molecule has 5 aromatic rings. The smallest absolute Gasteiger partial charge is 0.272 e. The van der Waals surface area contributed by atoms with E-state index in [4.69, 9.17) is 0 Å². The minimum Gasteiger partial charge on any atom is -0.349 e. The Kier molecular flexibility index (Phi) is 9.01. The summed E-state index contributed by atoms with van der Waals surface area (Å²) >= 11 is 0. The van der Waals surface area contributed by atoms with E-state index < -0.39 is 0 Å². The number of fused-ring (bicyclic) bond motifs is 1. The molecule has 3 heterocycles. The lowest BCUT2D eigenvalue weighted by Gasteiger charge is -2.10. The van der Waals surface area contributed by atoms with Crippen LogP contribution in [-0.4, -0.2) is 63.9 Å². The van der Waals surface area contributed by atoms with E-state index in [1.807, 2.05) is 73.7 Å². The summed E-state index contributed by atoms with van der Waals surface area (Å²) < 4.78 is 3.30. The summed E-state index contributed by atoms with van der Waals surface area (Å²) in [5.74, 6) is -0.870. The number of carbonyl (C=O) groups is 3. The number of pyridine rings is 1. The average Bonchev–Trinajstić information content (AvgIpc) is 3.56. The van der Waals surface area contributed by atoms with Gasteiger partial charge < -0.3 is 30.0 Å². The first-order valence-corrected chi connectivity index (χ1v) is 14.2. The summed E-state index contributed by atoms with van der Waals surface area (Å²) in [7, 11) is 7.35. The van der Waals surface area contributed by atoms with Crippen LogP contribution in [0.15, 0.2) is 85.3 Å². The first-order valence-electron chi connectivity index (χ1n) is 14.2. The third-order valence-corrected chi connectivity index (χ3v) is 7.09. The zero-order chi connectivity index (χ0) is 31.2. The molecule has 0 spiro atoms. The molecule has 10 heteroatoms. The molecule has 3 aromatic heterocycles. The standard InChI is InChI=1S/C34H35N7O3/c1-39(2)16-15-35-33(43)30-18-28(22-40(30)3)38-34(44)31-19-27(21-41(31)4)37-32(42)25-13-11-23(12-14-25)9-10-24-17-26-7-5-6-8-29(26)36-20-24/h5-14,17-22H,15-16H2,1-4H3,(H,35,43)(H,37,42)(H,38,44)/b10-9+. The molecule has 3 amide bonds. The van der Waals surface area contributed by atoms with Gasteiger partial charge in [-0.15, -0.1) is 0 Å². The number of carbonyl (C=O) groups excluding carboxylic acids is 3. The van der Waals surface area contributed by atoms with Gasteiger partial charge in [0.25, 0.3) is 17.7 Å². The maximum atomic E-state index is 13.0. The number of anilines is 2. The molecule has 5 rings (SSSR count). The number of hydrogen-bond donors (Lipinski definition) is 3. The van der Waals surface area contributed by atoms with Crippen LogP contribution in [-0.2, 0) is 14.1 Å². The normalized spacial score (nSPS) is 11.3. The number of benzene rings is 2. The first kappa shape index (κ1) is 30.0. The van der Waals surface area contributed by atoms with Crippen LogP contribution in [0.2, 0.25) is 0 Å². The number of para-hydroxylation sites is 1. The van der Waals surface area contributed by atoms with Gasteiger partial charge in [0.2, 0.25) is 0 Å². The van der Waals surface area contributed by atoms with Gasteiger partial charge in [-0.05, 0) is 61.6 Å². The predicted molar refractivity (Wildman–Crippen MR) is 175 cm³/mol. The summed E-state index contributed by atoms with van der Waals surface area (Å²) in [4.78, 5) is 45.0. The van der Waals surface area contributed by atoms with Crippen molar-refractivity contribution in [3.05, 3.63) is 113 Å². The number of amides is 3. The number of aromatic nitrogens is 3. The Hall–Kier alpha value is -5.48. The van der Waals surface area contributed by atoms with Gasteiger partial charge in [0.1, 0.15) is 11.4 Å². The lowest BCUT2D eigenvalue weighted by atomic mass is 10.1. The number of nitrogens with zero attached hydrogens (tertiary/aromatic N) is 4. The fraction of sp³-hybridized carbons (Fsp3) is 0.176. The van der Waals surface area contributed by atoms with Crippen molar-refractivity contribution in [2.24, 2.45) is 14.1 Å². The molecule has 0 aliphatic rings. The SMILES string of the molecule is CN(C)CCNC(=O)c1cc(NC(=O)c2cc(NC(=O)c3ccc(/C=C/c4cnc5ccccc5c4)cc3)cn2C)cn1C. The van der Waals surface area contributed by atoms with Gasteiger partial charge in [-0.1, -0.05) is 42.5 Å². The first-order chi connectivity index (χ1) is 21.2. The number of rotatable bonds is 10. The molecular weight excluding hydrogens is 554 g/mol. The zero-order valence-electron chi connectivity index (χ0n) is 25.2. The van der Waals surface area contributed by atoms with E-state index in [1.54, 1.807) is 59.9 Å². The second-order valence-corrected chi connectivity index (χ2v) is 10.8. The fourth-order valence-electron chi connectivity index (χ4n) is 4.72. The molecule has 0 saturated heterocycles. The fourth-order valence-corrected chi connectivity index (χ4v) is 4.72. The molecule has 3 N–H and O–H groups in total. The highest BCUT2D eigenvalue weighted by Gasteiger charge is 2.17. The molecule has 0 fully saturated rings. The molecule has 0 aliphatic carbocycles. The zero-order valence-corrected chi connectivity index (χ0v) is 25.2. The van der Waals surface area contributed by atoms with E-state index in [-0.39, 0.29) is 17.7 Å². The van der Waals surface area contributed by atoms with Crippen LogP contribution in [0.5, 0.6) is 0 Å². The van der Waals surface area contributed by atoms with Crippen LogP contribution < -0.4 is 16.0 Å². The topological polar surface area (TPSA) is 113 Å². The summed E-state index contributed by atoms with van der Waals surface area (Å²) in [5.41, 5.74) is 5.15.